The van der Waals surface area contributed by atoms with Gasteiger partial charge in [-0.2, -0.15) is 0 Å². The molecule has 21 heavy (non-hydrogen) atoms. The zero-order chi connectivity index (χ0) is 15.0. The molecule has 2 unspecified atom stereocenters. The summed E-state index contributed by atoms with van der Waals surface area (Å²) in [5.74, 6) is -0.0497. The zero-order valence-corrected chi connectivity index (χ0v) is 13.4. The van der Waals surface area contributed by atoms with Crippen LogP contribution in [0.2, 0.25) is 0 Å². The number of amides is 1. The molecule has 0 aliphatic carbocycles. The highest BCUT2D eigenvalue weighted by Gasteiger charge is 2.39. The van der Waals surface area contributed by atoms with Crippen LogP contribution >= 0.6 is 15.9 Å². The lowest BCUT2D eigenvalue weighted by Crippen LogP contribution is -2.49. The summed E-state index contributed by atoms with van der Waals surface area (Å²) in [5, 5.41) is 2.93. The second-order valence-electron chi connectivity index (χ2n) is 5.83. The lowest BCUT2D eigenvalue weighted by atomic mass is 9.98. The van der Waals surface area contributed by atoms with Gasteiger partial charge in [0.15, 0.2) is 0 Å². The van der Waals surface area contributed by atoms with Gasteiger partial charge in [0.05, 0.1) is 4.47 Å². The maximum absolute atomic E-state index is 13.0. The van der Waals surface area contributed by atoms with Crippen molar-refractivity contribution in [1.82, 2.24) is 10.2 Å². The number of nitrogens with one attached hydrogen (secondary N) is 1. The average molecular weight is 357 g/mol. The molecule has 1 N–H and O–H groups in total. The predicted molar refractivity (Wildman–Crippen MR) is 80.9 cm³/mol. The Kier molecular flexibility index (Phi) is 4.17. The number of piperidine rings is 1. The number of nitrogens with zero attached hydrogens (tertiary/aromatic N) is 1. The molecule has 1 aromatic carbocycles. The van der Waals surface area contributed by atoms with Gasteiger partial charge in [-0.05, 0) is 66.9 Å². The van der Waals surface area contributed by atoms with Crippen LogP contribution in [0.3, 0.4) is 0 Å². The number of ether oxygens (including phenoxy) is 1. The van der Waals surface area contributed by atoms with E-state index >= 15 is 0 Å². The van der Waals surface area contributed by atoms with Crippen molar-refractivity contribution in [3.8, 4) is 5.75 Å². The number of carbonyl (C=O) groups excluding carboxylic acids is 1. The smallest absolute Gasteiger partial charge is 0.409 e. The Bertz CT molecular complexity index is 540. The van der Waals surface area contributed by atoms with Gasteiger partial charge < -0.3 is 15.0 Å². The van der Waals surface area contributed by atoms with E-state index in [1.54, 1.807) is 0 Å². The van der Waals surface area contributed by atoms with Crippen LogP contribution in [0.25, 0.3) is 0 Å². The molecule has 2 heterocycles. The SMILES string of the molecule is CN1C2CCC1CC(NC(=O)Oc1ccc(F)cc1Br)C2. The summed E-state index contributed by atoms with van der Waals surface area (Å²) in [7, 11) is 2.16. The zero-order valence-electron chi connectivity index (χ0n) is 11.8. The van der Waals surface area contributed by atoms with Crippen LogP contribution in [0.15, 0.2) is 22.7 Å². The molecule has 1 amide bonds. The van der Waals surface area contributed by atoms with Gasteiger partial charge in [-0.25, -0.2) is 9.18 Å². The molecule has 114 valence electrons. The van der Waals surface area contributed by atoms with E-state index in [0.717, 1.165) is 12.8 Å². The van der Waals surface area contributed by atoms with Crippen LogP contribution in [0.1, 0.15) is 25.7 Å². The molecule has 2 atom stereocenters. The van der Waals surface area contributed by atoms with Crippen molar-refractivity contribution in [1.29, 1.82) is 0 Å². The third-order valence-electron chi connectivity index (χ3n) is 4.52. The number of rotatable bonds is 2. The van der Waals surface area contributed by atoms with Crippen molar-refractivity contribution < 1.29 is 13.9 Å². The molecule has 1 aromatic rings. The summed E-state index contributed by atoms with van der Waals surface area (Å²) in [6.45, 7) is 0. The Morgan fingerprint density at radius 1 is 1.38 bits per heavy atom. The van der Waals surface area contributed by atoms with Crippen LogP contribution < -0.4 is 10.1 Å². The molecule has 6 heteroatoms. The molecule has 0 spiro atoms. The Morgan fingerprint density at radius 2 is 2.05 bits per heavy atom. The van der Waals surface area contributed by atoms with Gasteiger partial charge in [-0.15, -0.1) is 0 Å². The minimum absolute atomic E-state index is 0.158. The highest BCUT2D eigenvalue weighted by atomic mass is 79.9. The number of fused-ring (bicyclic) bond motifs is 2. The van der Waals surface area contributed by atoms with Crippen molar-refractivity contribution in [2.45, 2.75) is 43.8 Å². The minimum atomic E-state index is -0.476. The van der Waals surface area contributed by atoms with E-state index in [-0.39, 0.29) is 11.9 Å². The van der Waals surface area contributed by atoms with E-state index in [2.05, 4.69) is 33.2 Å². The Hall–Kier alpha value is -1.14. The maximum Gasteiger partial charge on any atom is 0.412 e. The van der Waals surface area contributed by atoms with Crippen LogP contribution in [-0.2, 0) is 0 Å². The molecule has 2 aliphatic heterocycles. The molecule has 0 radical (unpaired) electrons. The molecular weight excluding hydrogens is 339 g/mol. The first-order chi connectivity index (χ1) is 10.0. The van der Waals surface area contributed by atoms with Gasteiger partial charge in [0.2, 0.25) is 0 Å². The third kappa shape index (κ3) is 3.21. The topological polar surface area (TPSA) is 41.6 Å². The first kappa shape index (κ1) is 14.8. The van der Waals surface area contributed by atoms with E-state index in [1.807, 2.05) is 0 Å². The predicted octanol–water partition coefficient (Wildman–Crippen LogP) is 3.30. The van der Waals surface area contributed by atoms with Crippen molar-refractivity contribution in [2.75, 3.05) is 7.05 Å². The summed E-state index contributed by atoms with van der Waals surface area (Å²) in [4.78, 5) is 14.4. The normalized spacial score (nSPS) is 28.4. The Balaban J connectivity index is 1.57. The van der Waals surface area contributed by atoms with Gasteiger partial charge in [0, 0.05) is 18.1 Å². The number of hydrogen-bond acceptors (Lipinski definition) is 3. The fourth-order valence-electron chi connectivity index (χ4n) is 3.38. The molecule has 4 nitrogen and oxygen atoms in total. The molecular formula is C15H18BrFN2O2. The molecule has 0 saturated carbocycles. The Labute approximate surface area is 131 Å². The maximum atomic E-state index is 13.0. The van der Waals surface area contributed by atoms with Crippen LogP contribution in [0.5, 0.6) is 5.75 Å². The molecule has 2 bridgehead atoms. The summed E-state index contributed by atoms with van der Waals surface area (Å²) in [6, 6.07) is 5.27. The number of benzene rings is 1. The van der Waals surface area contributed by atoms with E-state index in [9.17, 15) is 9.18 Å². The lowest BCUT2D eigenvalue weighted by molar-refractivity contribution is 0.141. The standard InChI is InChI=1S/C15H18BrFN2O2/c1-19-11-3-4-12(19)8-10(7-11)18-15(20)21-14-5-2-9(17)6-13(14)16/h2,5-6,10-12H,3-4,7-8H2,1H3,(H,18,20). The van der Waals surface area contributed by atoms with E-state index in [0.29, 0.717) is 22.3 Å². The fraction of sp³-hybridized carbons (Fsp3) is 0.533. The van der Waals surface area contributed by atoms with Gasteiger partial charge in [0.25, 0.3) is 0 Å². The molecule has 3 rings (SSSR count). The average Bonchev–Trinajstić information content (AvgIpc) is 2.64. The first-order valence-corrected chi connectivity index (χ1v) is 7.97. The number of halogens is 2. The highest BCUT2D eigenvalue weighted by Crippen LogP contribution is 2.34. The summed E-state index contributed by atoms with van der Waals surface area (Å²) >= 11 is 3.19. The minimum Gasteiger partial charge on any atom is -0.409 e. The quantitative estimate of drug-likeness (QED) is 0.883. The molecule has 2 fully saturated rings. The van der Waals surface area contributed by atoms with Gasteiger partial charge in [0.1, 0.15) is 11.6 Å². The highest BCUT2D eigenvalue weighted by molar-refractivity contribution is 9.10. The number of carbonyl (C=O) groups is 1. The van der Waals surface area contributed by atoms with Crippen molar-refractivity contribution in [3.63, 3.8) is 0 Å². The van der Waals surface area contributed by atoms with Crippen molar-refractivity contribution >= 4 is 22.0 Å². The monoisotopic (exact) mass is 356 g/mol. The molecule has 2 aliphatic rings. The van der Waals surface area contributed by atoms with Crippen LogP contribution in [-0.4, -0.2) is 36.2 Å². The van der Waals surface area contributed by atoms with Gasteiger partial charge in [-0.1, -0.05) is 0 Å². The summed E-state index contributed by atoms with van der Waals surface area (Å²) in [5.41, 5.74) is 0. The van der Waals surface area contributed by atoms with Crippen LogP contribution in [0.4, 0.5) is 9.18 Å². The van der Waals surface area contributed by atoms with Crippen molar-refractivity contribution in [3.05, 3.63) is 28.5 Å². The lowest BCUT2D eigenvalue weighted by Gasteiger charge is -2.36. The largest absolute Gasteiger partial charge is 0.412 e. The summed E-state index contributed by atoms with van der Waals surface area (Å²) in [6.07, 6.45) is 3.87. The van der Waals surface area contributed by atoms with Gasteiger partial charge >= 0.3 is 6.09 Å². The van der Waals surface area contributed by atoms with E-state index < -0.39 is 6.09 Å². The molecule has 0 aromatic heterocycles. The van der Waals surface area contributed by atoms with E-state index in [1.165, 1.54) is 31.0 Å². The van der Waals surface area contributed by atoms with Crippen molar-refractivity contribution in [2.24, 2.45) is 0 Å². The summed E-state index contributed by atoms with van der Waals surface area (Å²) < 4.78 is 18.7. The molecule has 2 saturated heterocycles. The van der Waals surface area contributed by atoms with E-state index in [4.69, 9.17) is 4.74 Å². The fourth-order valence-corrected chi connectivity index (χ4v) is 3.82. The Morgan fingerprint density at radius 3 is 2.67 bits per heavy atom. The first-order valence-electron chi connectivity index (χ1n) is 7.18. The third-order valence-corrected chi connectivity index (χ3v) is 5.14. The van der Waals surface area contributed by atoms with Gasteiger partial charge in [-0.3, -0.25) is 0 Å². The van der Waals surface area contributed by atoms with Crippen LogP contribution in [0, 0.1) is 5.82 Å². The number of hydrogen-bond donors (Lipinski definition) is 1. The second kappa shape index (κ2) is 5.93. The second-order valence-corrected chi connectivity index (χ2v) is 6.68.